The monoisotopic (exact) mass is 435 g/mol. The lowest BCUT2D eigenvalue weighted by atomic mass is 10.00. The smallest absolute Gasteiger partial charge is 0.416 e. The lowest BCUT2D eigenvalue weighted by Crippen LogP contribution is -2.06. The summed E-state index contributed by atoms with van der Waals surface area (Å²) in [4.78, 5) is 14.3. The van der Waals surface area contributed by atoms with Crippen LogP contribution in [0.15, 0.2) is 41.2 Å². The molecule has 1 aromatic heterocycles. The van der Waals surface area contributed by atoms with E-state index in [1.807, 2.05) is 19.1 Å². The summed E-state index contributed by atoms with van der Waals surface area (Å²) < 4.78 is 45.1. The van der Waals surface area contributed by atoms with Gasteiger partial charge >= 0.3 is 11.0 Å². The van der Waals surface area contributed by atoms with E-state index in [0.29, 0.717) is 34.8 Å². The van der Waals surface area contributed by atoms with E-state index in [1.54, 1.807) is 6.07 Å². The highest BCUT2D eigenvalue weighted by molar-refractivity contribution is 7.09. The van der Waals surface area contributed by atoms with Gasteiger partial charge < -0.3 is 9.84 Å². The summed E-state index contributed by atoms with van der Waals surface area (Å²) in [7, 11) is 0. The number of halogens is 3. The predicted molar refractivity (Wildman–Crippen MR) is 109 cm³/mol. The molecule has 0 bridgehead atoms. The SMILES string of the molecule is CCCc1cc(C(F)(F)F)ccc1Oc1ccc2c(c1)CC[C@H]2c1sc(=O)[nH]c1O. The Hall–Kier alpha value is -2.74. The molecular formula is C22H20F3NO3S. The normalized spacial score (nSPS) is 15.9. The lowest BCUT2D eigenvalue weighted by molar-refractivity contribution is -0.137. The first-order chi connectivity index (χ1) is 14.3. The first-order valence-corrected chi connectivity index (χ1v) is 10.5. The predicted octanol–water partition coefficient (Wildman–Crippen LogP) is 5.98. The topological polar surface area (TPSA) is 62.3 Å². The maximum atomic E-state index is 13.0. The average Bonchev–Trinajstić information content (AvgIpc) is 3.24. The van der Waals surface area contributed by atoms with E-state index in [1.165, 1.54) is 6.07 Å². The maximum Gasteiger partial charge on any atom is 0.416 e. The first kappa shape index (κ1) is 20.5. The van der Waals surface area contributed by atoms with Gasteiger partial charge in [0.1, 0.15) is 11.5 Å². The van der Waals surface area contributed by atoms with Crippen molar-refractivity contribution < 1.29 is 23.0 Å². The maximum absolute atomic E-state index is 13.0. The summed E-state index contributed by atoms with van der Waals surface area (Å²) in [6.07, 6.45) is -1.68. The minimum Gasteiger partial charge on any atom is -0.494 e. The summed E-state index contributed by atoms with van der Waals surface area (Å²) in [6, 6.07) is 9.12. The van der Waals surface area contributed by atoms with Crippen molar-refractivity contribution in [3.05, 3.63) is 73.2 Å². The third-order valence-corrected chi connectivity index (χ3v) is 6.29. The van der Waals surface area contributed by atoms with E-state index in [4.69, 9.17) is 4.74 Å². The second-order valence-corrected chi connectivity index (χ2v) is 8.37. The van der Waals surface area contributed by atoms with E-state index < -0.39 is 11.7 Å². The molecule has 4 nitrogen and oxygen atoms in total. The number of nitrogens with one attached hydrogen (secondary N) is 1. The summed E-state index contributed by atoms with van der Waals surface area (Å²) in [5, 5.41) is 9.98. The number of hydrogen-bond acceptors (Lipinski definition) is 4. The van der Waals surface area contributed by atoms with Crippen LogP contribution in [-0.2, 0) is 19.0 Å². The number of hydrogen-bond donors (Lipinski definition) is 2. The van der Waals surface area contributed by atoms with E-state index in [9.17, 15) is 23.1 Å². The van der Waals surface area contributed by atoms with Crippen molar-refractivity contribution in [2.75, 3.05) is 0 Å². The Labute approximate surface area is 175 Å². The summed E-state index contributed by atoms with van der Waals surface area (Å²) >= 11 is 1.01. The van der Waals surface area contributed by atoms with Gasteiger partial charge in [0, 0.05) is 5.92 Å². The number of aromatic amines is 1. The van der Waals surface area contributed by atoms with Crippen LogP contribution in [0.2, 0.25) is 0 Å². The molecule has 0 saturated heterocycles. The molecular weight excluding hydrogens is 415 g/mol. The number of H-pyrrole nitrogens is 1. The third-order valence-electron chi connectivity index (χ3n) is 5.30. The Bertz CT molecular complexity index is 1130. The van der Waals surface area contributed by atoms with Crippen molar-refractivity contribution in [1.82, 2.24) is 4.98 Å². The van der Waals surface area contributed by atoms with Gasteiger partial charge in [-0.2, -0.15) is 13.2 Å². The fourth-order valence-electron chi connectivity index (χ4n) is 3.94. The summed E-state index contributed by atoms with van der Waals surface area (Å²) in [5.74, 6) is 0.829. The van der Waals surface area contributed by atoms with Crippen molar-refractivity contribution in [3.8, 4) is 17.4 Å². The largest absolute Gasteiger partial charge is 0.494 e. The Balaban J connectivity index is 1.61. The van der Waals surface area contributed by atoms with Crippen LogP contribution in [0.4, 0.5) is 13.2 Å². The Kier molecular flexibility index (Phi) is 5.36. The second kappa shape index (κ2) is 7.83. The van der Waals surface area contributed by atoms with Crippen molar-refractivity contribution in [1.29, 1.82) is 0 Å². The van der Waals surface area contributed by atoms with Gasteiger partial charge in [-0.25, -0.2) is 0 Å². The van der Waals surface area contributed by atoms with Crippen molar-refractivity contribution in [2.24, 2.45) is 0 Å². The van der Waals surface area contributed by atoms with Gasteiger partial charge in [-0.1, -0.05) is 30.7 Å². The molecule has 0 amide bonds. The lowest BCUT2D eigenvalue weighted by Gasteiger charge is -2.15. The number of ether oxygens (including phenoxy) is 1. The molecule has 2 aromatic carbocycles. The second-order valence-electron chi connectivity index (χ2n) is 7.35. The molecule has 0 saturated carbocycles. The molecule has 1 aliphatic carbocycles. The number of fused-ring (bicyclic) bond motifs is 1. The van der Waals surface area contributed by atoms with Gasteiger partial charge in [0.05, 0.1) is 10.4 Å². The zero-order valence-corrected chi connectivity index (χ0v) is 17.0. The minimum absolute atomic E-state index is 0.0558. The molecule has 2 N–H and O–H groups in total. The van der Waals surface area contributed by atoms with Gasteiger partial charge in [0.25, 0.3) is 0 Å². The van der Waals surface area contributed by atoms with Crippen LogP contribution in [0, 0.1) is 0 Å². The van der Waals surface area contributed by atoms with Crippen molar-refractivity contribution in [2.45, 2.75) is 44.7 Å². The minimum atomic E-state index is -4.39. The zero-order valence-electron chi connectivity index (χ0n) is 16.2. The van der Waals surface area contributed by atoms with E-state index >= 15 is 0 Å². The highest BCUT2D eigenvalue weighted by Gasteiger charge is 2.31. The molecule has 0 fully saturated rings. The highest BCUT2D eigenvalue weighted by atomic mass is 32.1. The molecule has 0 unspecified atom stereocenters. The molecule has 1 atom stereocenters. The van der Waals surface area contributed by atoms with Crippen LogP contribution >= 0.6 is 11.3 Å². The number of rotatable bonds is 5. The average molecular weight is 435 g/mol. The van der Waals surface area contributed by atoms with Gasteiger partial charge in [0.2, 0.25) is 5.88 Å². The molecule has 4 rings (SSSR count). The Morgan fingerprint density at radius 2 is 2.03 bits per heavy atom. The highest BCUT2D eigenvalue weighted by Crippen LogP contribution is 2.44. The molecule has 158 valence electrons. The van der Waals surface area contributed by atoms with E-state index in [0.717, 1.165) is 47.4 Å². The van der Waals surface area contributed by atoms with Crippen LogP contribution in [0.25, 0.3) is 0 Å². The molecule has 8 heteroatoms. The number of aromatic nitrogens is 1. The first-order valence-electron chi connectivity index (χ1n) is 9.69. The number of aryl methyl sites for hydroxylation is 2. The number of aromatic hydroxyl groups is 1. The fourth-order valence-corrected chi connectivity index (χ4v) is 4.83. The molecule has 0 radical (unpaired) electrons. The fraction of sp³-hybridized carbons (Fsp3) is 0.318. The number of alkyl halides is 3. The van der Waals surface area contributed by atoms with Crippen molar-refractivity contribution >= 4 is 11.3 Å². The molecule has 30 heavy (non-hydrogen) atoms. The van der Waals surface area contributed by atoms with Crippen LogP contribution < -0.4 is 9.61 Å². The summed E-state index contributed by atoms with van der Waals surface area (Å²) in [6.45, 7) is 1.91. The third kappa shape index (κ3) is 3.96. The number of benzene rings is 2. The van der Waals surface area contributed by atoms with Crippen LogP contribution in [0.3, 0.4) is 0 Å². The van der Waals surface area contributed by atoms with Gasteiger partial charge in [-0.15, -0.1) is 0 Å². The van der Waals surface area contributed by atoms with E-state index in [-0.39, 0.29) is 16.7 Å². The number of thiazole rings is 1. The van der Waals surface area contributed by atoms with Gasteiger partial charge in [-0.3, -0.25) is 9.78 Å². The molecule has 0 spiro atoms. The van der Waals surface area contributed by atoms with Gasteiger partial charge in [-0.05, 0) is 66.3 Å². The van der Waals surface area contributed by atoms with Crippen LogP contribution in [0.1, 0.15) is 52.8 Å². The molecule has 1 heterocycles. The Morgan fingerprint density at radius 3 is 2.70 bits per heavy atom. The van der Waals surface area contributed by atoms with Gasteiger partial charge in [0.15, 0.2) is 0 Å². The van der Waals surface area contributed by atoms with Crippen molar-refractivity contribution in [3.63, 3.8) is 0 Å². The molecule has 1 aliphatic rings. The molecule has 0 aliphatic heterocycles. The summed E-state index contributed by atoms with van der Waals surface area (Å²) in [5.41, 5.74) is 1.91. The quantitative estimate of drug-likeness (QED) is 0.518. The van der Waals surface area contributed by atoms with Crippen LogP contribution in [-0.4, -0.2) is 10.1 Å². The molecule has 3 aromatic rings. The van der Waals surface area contributed by atoms with Crippen LogP contribution in [0.5, 0.6) is 17.4 Å². The standard InChI is InChI=1S/C22H20F3NO3S/c1-2-3-13-10-14(22(23,24)25)5-9-18(13)29-15-6-8-16-12(11-15)4-7-17(16)19-20(27)26-21(28)30-19/h5-6,8-11,17,27H,2-4,7H2,1H3,(H,26,28)/t17-/m1/s1. The van der Waals surface area contributed by atoms with E-state index in [2.05, 4.69) is 4.98 Å². The zero-order chi connectivity index (χ0) is 21.5. The Morgan fingerprint density at radius 1 is 1.23 bits per heavy atom.